The van der Waals surface area contributed by atoms with Crippen molar-refractivity contribution in [3.8, 4) is 11.4 Å². The molecule has 0 radical (unpaired) electrons. The molecule has 0 amide bonds. The zero-order chi connectivity index (χ0) is 13.3. The largest absolute Gasteiger partial charge is 0.416 e. The van der Waals surface area contributed by atoms with Crippen molar-refractivity contribution in [2.75, 3.05) is 0 Å². The molecular weight excluding hydrogens is 245 g/mol. The maximum Gasteiger partial charge on any atom is 0.416 e. The lowest BCUT2D eigenvalue weighted by Gasteiger charge is -2.06. The molecule has 0 fully saturated rings. The molecule has 0 saturated heterocycles. The van der Waals surface area contributed by atoms with Crippen molar-refractivity contribution < 1.29 is 13.2 Å². The Morgan fingerprint density at radius 1 is 1.22 bits per heavy atom. The third-order valence-corrected chi connectivity index (χ3v) is 2.40. The minimum absolute atomic E-state index is 0.305. The molecule has 0 saturated carbocycles. The standard InChI is InChI=1S/C11H11F3N4/c1-6(15)9-16-10(18-17-9)7-2-4-8(5-3-7)11(12,13)14/h2-6H,15H2,1H3,(H,16,17,18)/t6-/m0/s1. The molecule has 2 rings (SSSR count). The van der Waals surface area contributed by atoms with Crippen molar-refractivity contribution in [2.45, 2.75) is 19.1 Å². The van der Waals surface area contributed by atoms with Gasteiger partial charge in [0.2, 0.25) is 0 Å². The molecule has 1 heterocycles. The fourth-order valence-corrected chi connectivity index (χ4v) is 1.42. The molecule has 1 aromatic carbocycles. The Morgan fingerprint density at radius 2 is 1.83 bits per heavy atom. The number of alkyl halides is 3. The van der Waals surface area contributed by atoms with E-state index in [4.69, 9.17) is 5.73 Å². The van der Waals surface area contributed by atoms with Gasteiger partial charge in [0.25, 0.3) is 0 Å². The third-order valence-electron chi connectivity index (χ3n) is 2.40. The number of nitrogens with two attached hydrogens (primary N) is 1. The van der Waals surface area contributed by atoms with Crippen molar-refractivity contribution in [3.63, 3.8) is 0 Å². The highest BCUT2D eigenvalue weighted by Crippen LogP contribution is 2.30. The third kappa shape index (κ3) is 2.51. The molecule has 0 bridgehead atoms. The molecule has 96 valence electrons. The van der Waals surface area contributed by atoms with Crippen LogP contribution in [0.5, 0.6) is 0 Å². The predicted molar refractivity (Wildman–Crippen MR) is 59.4 cm³/mol. The average Bonchev–Trinajstić information content (AvgIpc) is 2.77. The van der Waals surface area contributed by atoms with Gasteiger partial charge in [-0.15, -0.1) is 0 Å². The lowest BCUT2D eigenvalue weighted by Crippen LogP contribution is -2.06. The maximum atomic E-state index is 12.4. The van der Waals surface area contributed by atoms with Gasteiger partial charge in [-0.25, -0.2) is 4.98 Å². The van der Waals surface area contributed by atoms with Crippen LogP contribution in [0.4, 0.5) is 13.2 Å². The molecule has 7 heteroatoms. The highest BCUT2D eigenvalue weighted by molar-refractivity contribution is 5.55. The summed E-state index contributed by atoms with van der Waals surface area (Å²) >= 11 is 0. The SMILES string of the molecule is C[C@H](N)c1nc(-c2ccc(C(F)(F)F)cc2)n[nH]1. The summed E-state index contributed by atoms with van der Waals surface area (Å²) in [5.74, 6) is 0.820. The highest BCUT2D eigenvalue weighted by atomic mass is 19.4. The van der Waals surface area contributed by atoms with Gasteiger partial charge in [0.05, 0.1) is 11.6 Å². The van der Waals surface area contributed by atoms with Gasteiger partial charge in [0.1, 0.15) is 5.82 Å². The molecule has 1 aromatic heterocycles. The Kier molecular flexibility index (Phi) is 3.08. The van der Waals surface area contributed by atoms with E-state index >= 15 is 0 Å². The quantitative estimate of drug-likeness (QED) is 0.867. The minimum atomic E-state index is -4.34. The molecule has 18 heavy (non-hydrogen) atoms. The highest BCUT2D eigenvalue weighted by Gasteiger charge is 2.30. The van der Waals surface area contributed by atoms with Crippen molar-refractivity contribution in [1.82, 2.24) is 15.2 Å². The average molecular weight is 256 g/mol. The summed E-state index contributed by atoms with van der Waals surface area (Å²) in [6, 6.07) is 4.35. The monoisotopic (exact) mass is 256 g/mol. The van der Waals surface area contributed by atoms with Gasteiger partial charge in [0, 0.05) is 5.56 Å². The summed E-state index contributed by atoms with van der Waals surface area (Å²) < 4.78 is 37.1. The van der Waals surface area contributed by atoms with E-state index in [0.29, 0.717) is 17.2 Å². The molecule has 4 nitrogen and oxygen atoms in total. The van der Waals surface area contributed by atoms with Gasteiger partial charge in [0.15, 0.2) is 5.82 Å². The Labute approximate surface area is 101 Å². The molecule has 0 aliphatic rings. The summed E-state index contributed by atoms with van der Waals surface area (Å²) in [5, 5.41) is 6.54. The summed E-state index contributed by atoms with van der Waals surface area (Å²) in [6.45, 7) is 1.73. The molecule has 2 aromatic rings. The number of rotatable bonds is 2. The van der Waals surface area contributed by atoms with E-state index in [0.717, 1.165) is 12.1 Å². The summed E-state index contributed by atoms with van der Waals surface area (Å²) in [4.78, 5) is 4.10. The first-order valence-electron chi connectivity index (χ1n) is 5.23. The molecule has 0 aliphatic carbocycles. The second kappa shape index (κ2) is 4.41. The second-order valence-electron chi connectivity index (χ2n) is 3.91. The molecular formula is C11H11F3N4. The van der Waals surface area contributed by atoms with Crippen molar-refractivity contribution >= 4 is 0 Å². The Morgan fingerprint density at radius 3 is 2.28 bits per heavy atom. The van der Waals surface area contributed by atoms with Crippen LogP contribution in [0, 0.1) is 0 Å². The van der Waals surface area contributed by atoms with Gasteiger partial charge >= 0.3 is 6.18 Å². The summed E-state index contributed by atoms with van der Waals surface area (Å²) in [6.07, 6.45) is -4.34. The number of aromatic nitrogens is 3. The van der Waals surface area contributed by atoms with Crippen LogP contribution >= 0.6 is 0 Å². The maximum absolute atomic E-state index is 12.4. The van der Waals surface area contributed by atoms with E-state index in [-0.39, 0.29) is 6.04 Å². The molecule has 1 atom stereocenters. The Bertz CT molecular complexity index is 528. The van der Waals surface area contributed by atoms with E-state index in [1.54, 1.807) is 6.92 Å². The first kappa shape index (κ1) is 12.6. The normalized spacial score (nSPS) is 13.6. The zero-order valence-electron chi connectivity index (χ0n) is 9.49. The Balaban J connectivity index is 2.29. The van der Waals surface area contributed by atoms with Crippen molar-refractivity contribution in [3.05, 3.63) is 35.7 Å². The number of halogens is 3. The van der Waals surface area contributed by atoms with Crippen LogP contribution in [0.3, 0.4) is 0 Å². The zero-order valence-corrected chi connectivity index (χ0v) is 9.49. The van der Waals surface area contributed by atoms with Gasteiger partial charge in [-0.2, -0.15) is 18.3 Å². The minimum Gasteiger partial charge on any atom is -0.322 e. The molecule has 0 aliphatic heterocycles. The summed E-state index contributed by atoms with van der Waals surface area (Å²) in [5.41, 5.74) is 5.41. The molecule has 0 spiro atoms. The molecule has 0 unspecified atom stereocenters. The van der Waals surface area contributed by atoms with Crippen LogP contribution in [0.2, 0.25) is 0 Å². The number of aromatic amines is 1. The second-order valence-corrected chi connectivity index (χ2v) is 3.91. The number of nitrogens with zero attached hydrogens (tertiary/aromatic N) is 2. The van der Waals surface area contributed by atoms with Crippen LogP contribution in [0.25, 0.3) is 11.4 Å². The topological polar surface area (TPSA) is 67.6 Å². The van der Waals surface area contributed by atoms with E-state index in [9.17, 15) is 13.2 Å². The van der Waals surface area contributed by atoms with Gasteiger partial charge in [-0.1, -0.05) is 12.1 Å². The lowest BCUT2D eigenvalue weighted by atomic mass is 10.1. The lowest BCUT2D eigenvalue weighted by molar-refractivity contribution is -0.137. The number of H-pyrrole nitrogens is 1. The molecule has 3 N–H and O–H groups in total. The number of nitrogens with one attached hydrogen (secondary N) is 1. The Hall–Kier alpha value is -1.89. The van der Waals surface area contributed by atoms with Gasteiger partial charge in [-0.3, -0.25) is 5.10 Å². The number of hydrogen-bond donors (Lipinski definition) is 2. The fraction of sp³-hybridized carbons (Fsp3) is 0.273. The van der Waals surface area contributed by atoms with Crippen molar-refractivity contribution in [1.29, 1.82) is 0 Å². The van der Waals surface area contributed by atoms with Crippen LogP contribution in [0.1, 0.15) is 24.4 Å². The summed E-state index contributed by atoms with van der Waals surface area (Å²) in [7, 11) is 0. The first-order chi connectivity index (χ1) is 8.38. The van der Waals surface area contributed by atoms with Gasteiger partial charge in [-0.05, 0) is 19.1 Å². The van der Waals surface area contributed by atoms with E-state index in [2.05, 4.69) is 15.2 Å². The van der Waals surface area contributed by atoms with Crippen LogP contribution < -0.4 is 5.73 Å². The predicted octanol–water partition coefficient (Wildman–Crippen LogP) is 2.51. The smallest absolute Gasteiger partial charge is 0.322 e. The first-order valence-corrected chi connectivity index (χ1v) is 5.23. The van der Waals surface area contributed by atoms with Crippen LogP contribution in [-0.4, -0.2) is 15.2 Å². The van der Waals surface area contributed by atoms with Crippen LogP contribution in [-0.2, 0) is 6.18 Å². The van der Waals surface area contributed by atoms with Crippen LogP contribution in [0.15, 0.2) is 24.3 Å². The van der Waals surface area contributed by atoms with Gasteiger partial charge < -0.3 is 5.73 Å². The fourth-order valence-electron chi connectivity index (χ4n) is 1.42. The number of hydrogen-bond acceptors (Lipinski definition) is 3. The van der Waals surface area contributed by atoms with E-state index in [1.807, 2.05) is 0 Å². The number of benzene rings is 1. The van der Waals surface area contributed by atoms with Crippen molar-refractivity contribution in [2.24, 2.45) is 5.73 Å². The van der Waals surface area contributed by atoms with E-state index < -0.39 is 11.7 Å². The van der Waals surface area contributed by atoms with E-state index in [1.165, 1.54) is 12.1 Å².